The number of anilines is 2. The summed E-state index contributed by atoms with van der Waals surface area (Å²) < 4.78 is 25.0. The summed E-state index contributed by atoms with van der Waals surface area (Å²) in [6, 6.07) is 22.7. The fourth-order valence-corrected chi connectivity index (χ4v) is 12.0. The second kappa shape index (κ2) is 18.6. The third kappa shape index (κ3) is 9.51. The average molecular weight is 796 g/mol. The van der Waals surface area contributed by atoms with Crippen molar-refractivity contribution in [2.45, 2.75) is 83.8 Å². The SMILES string of the molecule is CCC[C@@H](CCO[Si](c1ccccc1)(c1ccccc1)C(C)(C)C)Nc1nc(NC(=O)OC)nc2cnn(Cc3nnc(OC(=O)N4CCCCC4)cc3OC)c12. The number of carbonyl (C=O) groups is 2. The molecule has 0 saturated carbocycles. The third-order valence-electron chi connectivity index (χ3n) is 10.2. The molecule has 1 saturated heterocycles. The van der Waals surface area contributed by atoms with E-state index in [0.29, 0.717) is 54.4 Å². The molecule has 3 aromatic heterocycles. The number of benzene rings is 2. The summed E-state index contributed by atoms with van der Waals surface area (Å²) in [6.07, 6.45) is 5.81. The first-order valence-corrected chi connectivity index (χ1v) is 21.4. The number of methoxy groups -OCH3 is 2. The number of ether oxygens (including phenoxy) is 3. The van der Waals surface area contributed by atoms with Crippen molar-refractivity contribution >= 4 is 53.7 Å². The van der Waals surface area contributed by atoms with Crippen LogP contribution in [0.25, 0.3) is 11.0 Å². The number of aromatic nitrogens is 6. The number of carbonyl (C=O) groups excluding carboxylic acids is 2. The van der Waals surface area contributed by atoms with E-state index in [1.807, 2.05) is 12.1 Å². The summed E-state index contributed by atoms with van der Waals surface area (Å²) in [5, 5.41) is 21.7. The van der Waals surface area contributed by atoms with Crippen LogP contribution in [0, 0.1) is 0 Å². The molecule has 4 heterocycles. The van der Waals surface area contributed by atoms with Crippen molar-refractivity contribution in [1.82, 2.24) is 34.8 Å². The molecule has 1 fully saturated rings. The van der Waals surface area contributed by atoms with E-state index < -0.39 is 20.5 Å². The fraction of sp³-hybridized carbons (Fsp3) is 0.439. The summed E-state index contributed by atoms with van der Waals surface area (Å²) >= 11 is 0. The van der Waals surface area contributed by atoms with Gasteiger partial charge in [-0.15, -0.1) is 10.2 Å². The van der Waals surface area contributed by atoms with Gasteiger partial charge in [-0.05, 0) is 47.5 Å². The zero-order chi connectivity index (χ0) is 40.4. The number of amides is 2. The van der Waals surface area contributed by atoms with Crippen molar-refractivity contribution < 1.29 is 28.2 Å². The predicted octanol–water partition coefficient (Wildman–Crippen LogP) is 6.38. The lowest BCUT2D eigenvalue weighted by Crippen LogP contribution is -2.66. The number of hydrogen-bond donors (Lipinski definition) is 2. The topological polar surface area (TPSA) is 168 Å². The van der Waals surface area contributed by atoms with Gasteiger partial charge in [-0.3, -0.25) is 10.00 Å². The highest BCUT2D eigenvalue weighted by atomic mass is 28.4. The van der Waals surface area contributed by atoms with Crippen LogP contribution >= 0.6 is 0 Å². The lowest BCUT2D eigenvalue weighted by Gasteiger charge is -2.43. The normalized spacial score (nSPS) is 13.9. The van der Waals surface area contributed by atoms with Crippen LogP contribution in [-0.2, 0) is 15.7 Å². The summed E-state index contributed by atoms with van der Waals surface area (Å²) in [4.78, 5) is 36.0. The van der Waals surface area contributed by atoms with Crippen LogP contribution in [0.4, 0.5) is 21.4 Å². The van der Waals surface area contributed by atoms with Crippen molar-refractivity contribution in [1.29, 1.82) is 0 Å². The highest BCUT2D eigenvalue weighted by Gasteiger charge is 2.50. The molecule has 302 valence electrons. The van der Waals surface area contributed by atoms with Crippen molar-refractivity contribution in [2.75, 3.05) is 44.5 Å². The Balaban J connectivity index is 1.28. The number of likely N-dealkylation sites (tertiary alicyclic amines) is 1. The quantitative estimate of drug-likeness (QED) is 0.112. The van der Waals surface area contributed by atoms with Gasteiger partial charge in [-0.1, -0.05) is 94.8 Å². The number of nitrogens with zero attached hydrogens (tertiary/aromatic N) is 7. The highest BCUT2D eigenvalue weighted by molar-refractivity contribution is 6.99. The number of nitrogens with one attached hydrogen (secondary N) is 2. The van der Waals surface area contributed by atoms with Gasteiger partial charge in [0.1, 0.15) is 22.5 Å². The number of rotatable bonds is 15. The average Bonchev–Trinajstić information content (AvgIpc) is 3.63. The molecule has 2 amide bonds. The van der Waals surface area contributed by atoms with E-state index in [2.05, 4.69) is 107 Å². The molecular formula is C41H53N9O6Si. The fourth-order valence-electron chi connectivity index (χ4n) is 7.46. The summed E-state index contributed by atoms with van der Waals surface area (Å²) in [5.41, 5.74) is 1.52. The first-order valence-electron chi connectivity index (χ1n) is 19.5. The largest absolute Gasteiger partial charge is 0.494 e. The minimum atomic E-state index is -2.76. The van der Waals surface area contributed by atoms with E-state index in [1.165, 1.54) is 24.6 Å². The predicted molar refractivity (Wildman–Crippen MR) is 221 cm³/mol. The zero-order valence-electron chi connectivity index (χ0n) is 33.7. The van der Waals surface area contributed by atoms with Crippen LogP contribution in [0.3, 0.4) is 0 Å². The van der Waals surface area contributed by atoms with E-state index in [4.69, 9.17) is 23.6 Å². The Labute approximate surface area is 334 Å². The van der Waals surface area contributed by atoms with Crippen LogP contribution in [0.5, 0.6) is 11.6 Å². The molecule has 1 aliphatic rings. The Morgan fingerprint density at radius 3 is 2.21 bits per heavy atom. The minimum Gasteiger partial charge on any atom is -0.494 e. The van der Waals surface area contributed by atoms with Gasteiger partial charge in [0.25, 0.3) is 8.32 Å². The lowest BCUT2D eigenvalue weighted by molar-refractivity contribution is 0.140. The molecule has 1 aliphatic heterocycles. The first-order chi connectivity index (χ1) is 27.6. The maximum absolute atomic E-state index is 12.7. The maximum Gasteiger partial charge on any atom is 0.416 e. The van der Waals surface area contributed by atoms with E-state index in [-0.39, 0.29) is 29.5 Å². The van der Waals surface area contributed by atoms with Crippen molar-refractivity contribution in [3.05, 3.63) is 78.6 Å². The van der Waals surface area contributed by atoms with Crippen molar-refractivity contribution in [2.24, 2.45) is 0 Å². The van der Waals surface area contributed by atoms with Crippen molar-refractivity contribution in [3.63, 3.8) is 0 Å². The van der Waals surface area contributed by atoms with E-state index >= 15 is 0 Å². The van der Waals surface area contributed by atoms with Crippen LogP contribution in [0.2, 0.25) is 5.04 Å². The monoisotopic (exact) mass is 795 g/mol. The number of fused-ring (bicyclic) bond motifs is 1. The van der Waals surface area contributed by atoms with Gasteiger partial charge in [0.15, 0.2) is 5.82 Å². The smallest absolute Gasteiger partial charge is 0.416 e. The molecule has 16 heteroatoms. The summed E-state index contributed by atoms with van der Waals surface area (Å²) in [7, 11) is 0.0342. The third-order valence-corrected chi connectivity index (χ3v) is 15.2. The molecule has 6 rings (SSSR count). The molecule has 0 radical (unpaired) electrons. The van der Waals surface area contributed by atoms with E-state index in [9.17, 15) is 9.59 Å². The molecule has 0 aliphatic carbocycles. The van der Waals surface area contributed by atoms with Gasteiger partial charge in [-0.25, -0.2) is 14.6 Å². The Morgan fingerprint density at radius 2 is 1.60 bits per heavy atom. The molecular weight excluding hydrogens is 743 g/mol. The van der Waals surface area contributed by atoms with Gasteiger partial charge < -0.3 is 28.9 Å². The number of piperidine rings is 1. The van der Waals surface area contributed by atoms with Gasteiger partial charge in [0.2, 0.25) is 11.8 Å². The second-order valence-electron chi connectivity index (χ2n) is 15.1. The zero-order valence-corrected chi connectivity index (χ0v) is 34.7. The van der Waals surface area contributed by atoms with E-state index in [0.717, 1.165) is 32.1 Å². The molecule has 2 aromatic carbocycles. The van der Waals surface area contributed by atoms with Gasteiger partial charge in [-0.2, -0.15) is 10.1 Å². The standard InChI is InChI=1S/C41H53N9O6Si/c1-7-17-29(22-25-55-57(41(2,3)4,30-18-11-8-12-19-30)31-20-13-9-14-21-31)43-37-36-32(44-38(45-37)46-39(51)54-6)27-42-50(36)28-33-34(53-5)26-35(48-47-33)56-40(52)49-23-15-10-16-24-49/h8-9,11-14,18-21,26-27,29H,7,10,15-17,22-25,28H2,1-6H3,(H2,43,44,45,46,51)/t29-/m0/s1. The van der Waals surface area contributed by atoms with Crippen LogP contribution in [0.1, 0.15) is 71.9 Å². The Kier molecular flexibility index (Phi) is 13.4. The van der Waals surface area contributed by atoms with Crippen molar-refractivity contribution in [3.8, 4) is 11.6 Å². The number of hydrogen-bond acceptors (Lipinski definition) is 12. The van der Waals surface area contributed by atoms with E-state index in [1.54, 1.807) is 21.8 Å². The van der Waals surface area contributed by atoms with Gasteiger partial charge in [0, 0.05) is 31.8 Å². The molecule has 0 spiro atoms. The first kappa shape index (κ1) is 41.0. The summed E-state index contributed by atoms with van der Waals surface area (Å²) in [5.74, 6) is 0.946. The Bertz CT molecular complexity index is 2070. The van der Waals surface area contributed by atoms with Crippen LogP contribution in [-0.4, -0.2) is 95.3 Å². The molecule has 5 aromatic rings. The van der Waals surface area contributed by atoms with Gasteiger partial charge >= 0.3 is 12.2 Å². The lowest BCUT2D eigenvalue weighted by atomic mass is 10.1. The molecule has 57 heavy (non-hydrogen) atoms. The molecule has 1 atom stereocenters. The molecule has 15 nitrogen and oxygen atoms in total. The van der Waals surface area contributed by atoms with Gasteiger partial charge in [0.05, 0.1) is 27.0 Å². The second-order valence-corrected chi connectivity index (χ2v) is 19.4. The molecule has 0 bridgehead atoms. The maximum atomic E-state index is 12.7. The Hall–Kier alpha value is -5.61. The minimum absolute atomic E-state index is 0.0448. The Morgan fingerprint density at radius 1 is 0.912 bits per heavy atom. The molecule has 2 N–H and O–H groups in total. The van der Waals surface area contributed by atoms with Crippen LogP contribution in [0.15, 0.2) is 72.9 Å². The highest BCUT2D eigenvalue weighted by Crippen LogP contribution is 2.37. The molecule has 0 unspecified atom stereocenters. The van der Waals surface area contributed by atoms with Crippen LogP contribution < -0.4 is 30.5 Å². The summed E-state index contributed by atoms with van der Waals surface area (Å²) in [6.45, 7) is 10.9.